The number of benzene rings is 1. The van der Waals surface area contributed by atoms with Crippen LogP contribution in [0.1, 0.15) is 24.8 Å². The van der Waals surface area contributed by atoms with E-state index in [-0.39, 0.29) is 54.0 Å². The molecular formula is C24H25ClF2N4O5. The second kappa shape index (κ2) is 9.62. The van der Waals surface area contributed by atoms with Gasteiger partial charge in [0.15, 0.2) is 11.8 Å². The summed E-state index contributed by atoms with van der Waals surface area (Å²) >= 11 is 6.34. The molecule has 0 amide bonds. The van der Waals surface area contributed by atoms with E-state index in [0.29, 0.717) is 23.7 Å². The molecule has 0 radical (unpaired) electrons. The molecule has 0 spiro atoms. The van der Waals surface area contributed by atoms with E-state index in [2.05, 4.69) is 20.3 Å². The molecule has 3 fully saturated rings. The normalized spacial score (nSPS) is 25.7. The summed E-state index contributed by atoms with van der Waals surface area (Å²) in [5.74, 6) is -0.567. The van der Waals surface area contributed by atoms with Gasteiger partial charge in [-0.15, -0.1) is 0 Å². The second-order valence-corrected chi connectivity index (χ2v) is 9.79. The number of hydrogen-bond acceptors (Lipinski definition) is 8. The first-order valence-electron chi connectivity index (χ1n) is 11.9. The molecule has 3 aromatic rings. The van der Waals surface area contributed by atoms with Crippen LogP contribution in [0.2, 0.25) is 5.02 Å². The van der Waals surface area contributed by atoms with Crippen molar-refractivity contribution in [3.8, 4) is 11.8 Å². The molecule has 0 bridgehead atoms. The highest BCUT2D eigenvalue weighted by molar-refractivity contribution is 6.33. The van der Waals surface area contributed by atoms with Crippen molar-refractivity contribution < 1.29 is 32.8 Å². The first-order valence-corrected chi connectivity index (χ1v) is 12.3. The van der Waals surface area contributed by atoms with Crippen LogP contribution in [0.15, 0.2) is 18.2 Å². The maximum atomic E-state index is 14.6. The van der Waals surface area contributed by atoms with E-state index in [4.69, 9.17) is 30.5 Å². The highest BCUT2D eigenvalue weighted by Crippen LogP contribution is 2.32. The van der Waals surface area contributed by atoms with Gasteiger partial charge in [0, 0.05) is 24.2 Å². The van der Waals surface area contributed by atoms with Crippen LogP contribution < -0.4 is 14.8 Å². The zero-order chi connectivity index (χ0) is 24.8. The molecule has 6 rings (SSSR count). The van der Waals surface area contributed by atoms with Crippen LogP contribution in [0.4, 0.5) is 14.6 Å². The van der Waals surface area contributed by atoms with Gasteiger partial charge >= 0.3 is 0 Å². The fourth-order valence-electron chi connectivity index (χ4n) is 4.64. The predicted molar refractivity (Wildman–Crippen MR) is 125 cm³/mol. The van der Waals surface area contributed by atoms with Gasteiger partial charge in [-0.25, -0.2) is 13.8 Å². The lowest BCUT2D eigenvalue weighted by Gasteiger charge is -2.25. The van der Waals surface area contributed by atoms with E-state index in [9.17, 15) is 13.9 Å². The molecule has 4 heterocycles. The number of anilines is 1. The van der Waals surface area contributed by atoms with Gasteiger partial charge in [-0.3, -0.25) is 0 Å². The van der Waals surface area contributed by atoms with Crippen LogP contribution in [0, 0.1) is 17.6 Å². The minimum atomic E-state index is -0.713. The third kappa shape index (κ3) is 4.56. The fourth-order valence-corrected chi connectivity index (χ4v) is 4.86. The average molecular weight is 523 g/mol. The molecule has 1 aliphatic carbocycles. The number of rotatable bonds is 8. The molecule has 2 aliphatic heterocycles. The lowest BCUT2D eigenvalue weighted by Crippen LogP contribution is -2.34. The first kappa shape index (κ1) is 23.7. The number of imidazole rings is 1. The summed E-state index contributed by atoms with van der Waals surface area (Å²) in [5, 5.41) is 13.0. The van der Waals surface area contributed by atoms with Crippen molar-refractivity contribution in [1.29, 1.82) is 0 Å². The number of aromatic nitrogens is 3. The molecule has 3 aliphatic rings. The minimum absolute atomic E-state index is 0.149. The molecule has 1 aromatic carbocycles. The molecule has 2 aromatic heterocycles. The summed E-state index contributed by atoms with van der Waals surface area (Å²) in [4.78, 5) is 11.7. The van der Waals surface area contributed by atoms with Crippen LogP contribution >= 0.6 is 11.6 Å². The number of hydrogen-bond donors (Lipinski definition) is 3. The topological polar surface area (TPSA) is 111 Å². The largest absolute Gasteiger partial charge is 0.493 e. The number of aliphatic hydroxyl groups excluding tert-OH is 1. The highest BCUT2D eigenvalue weighted by atomic mass is 35.5. The number of ether oxygens (including phenoxy) is 4. The van der Waals surface area contributed by atoms with Crippen LogP contribution in [-0.2, 0) is 16.0 Å². The number of nitrogens with one attached hydrogen (secondary N) is 2. The van der Waals surface area contributed by atoms with Crippen LogP contribution in [-0.4, -0.2) is 64.3 Å². The van der Waals surface area contributed by atoms with E-state index in [1.807, 2.05) is 0 Å². The molecule has 4 atom stereocenters. The van der Waals surface area contributed by atoms with Gasteiger partial charge in [0.05, 0.1) is 30.4 Å². The van der Waals surface area contributed by atoms with Gasteiger partial charge in [-0.05, 0) is 24.8 Å². The van der Waals surface area contributed by atoms with Crippen molar-refractivity contribution in [2.75, 3.05) is 25.1 Å². The maximum Gasteiger partial charge on any atom is 0.296 e. The van der Waals surface area contributed by atoms with E-state index in [0.717, 1.165) is 12.8 Å². The molecule has 0 unspecified atom stereocenters. The van der Waals surface area contributed by atoms with Gasteiger partial charge in [0.25, 0.3) is 6.01 Å². The van der Waals surface area contributed by atoms with Crippen molar-refractivity contribution in [3.63, 3.8) is 0 Å². The number of H-pyrrole nitrogens is 1. The van der Waals surface area contributed by atoms with E-state index in [1.165, 1.54) is 18.6 Å². The Morgan fingerprint density at radius 3 is 2.64 bits per heavy atom. The number of fused-ring (bicyclic) bond motifs is 2. The summed E-state index contributed by atoms with van der Waals surface area (Å²) < 4.78 is 51.8. The van der Waals surface area contributed by atoms with Crippen molar-refractivity contribution in [2.24, 2.45) is 5.92 Å². The lowest BCUT2D eigenvalue weighted by molar-refractivity contribution is 0.00706. The van der Waals surface area contributed by atoms with Gasteiger partial charge in [-0.2, -0.15) is 4.98 Å². The Balaban J connectivity index is 1.13. The van der Waals surface area contributed by atoms with E-state index in [1.54, 1.807) is 6.07 Å². The molecule has 1 saturated carbocycles. The Morgan fingerprint density at radius 2 is 1.89 bits per heavy atom. The maximum absolute atomic E-state index is 14.6. The molecule has 12 heteroatoms. The van der Waals surface area contributed by atoms with Gasteiger partial charge in [0.2, 0.25) is 0 Å². The summed E-state index contributed by atoms with van der Waals surface area (Å²) in [7, 11) is 0. The fraction of sp³-hybridized carbons (Fsp3) is 0.500. The molecule has 192 valence electrons. The first-order chi connectivity index (χ1) is 17.4. The number of halogens is 3. The van der Waals surface area contributed by atoms with Crippen LogP contribution in [0.25, 0.3) is 11.2 Å². The lowest BCUT2D eigenvalue weighted by atomic mass is 9.86. The number of aromatic amines is 1. The Bertz CT molecular complexity index is 1250. The van der Waals surface area contributed by atoms with Crippen molar-refractivity contribution in [1.82, 2.24) is 15.0 Å². The Labute approximate surface area is 210 Å². The standard InChI is InChI=1S/C24H25ClF2N4O5/c25-14-6-17-23(31-24(29-17)36-19-10-35-20-18(32)9-34-21(19)20)30-22(14)28-7-13-15(26)4-12(5-16(13)27)33-8-11-2-1-3-11/h4-6,11,18-21,32H,1-3,7-10H2,(H2,28,29,30,31)/t18-,19-,20-,21-/m1/s1. The number of nitrogens with zero attached hydrogens (tertiary/aromatic N) is 2. The number of pyridine rings is 1. The number of aliphatic hydroxyl groups is 1. The minimum Gasteiger partial charge on any atom is -0.493 e. The zero-order valence-electron chi connectivity index (χ0n) is 19.2. The Hall–Kier alpha value is -2.73. The summed E-state index contributed by atoms with van der Waals surface area (Å²) in [6.07, 6.45) is 1.42. The van der Waals surface area contributed by atoms with Crippen molar-refractivity contribution >= 4 is 28.6 Å². The third-order valence-electron chi connectivity index (χ3n) is 6.91. The molecule has 3 N–H and O–H groups in total. The van der Waals surface area contributed by atoms with Crippen LogP contribution in [0.3, 0.4) is 0 Å². The predicted octanol–water partition coefficient (Wildman–Crippen LogP) is 3.59. The third-order valence-corrected chi connectivity index (χ3v) is 7.20. The smallest absolute Gasteiger partial charge is 0.296 e. The van der Waals surface area contributed by atoms with E-state index < -0.39 is 29.9 Å². The van der Waals surface area contributed by atoms with Crippen molar-refractivity contribution in [3.05, 3.63) is 40.4 Å². The molecule has 2 saturated heterocycles. The Morgan fingerprint density at radius 1 is 1.11 bits per heavy atom. The summed E-state index contributed by atoms with van der Waals surface area (Å²) in [5.41, 5.74) is 0.679. The highest BCUT2D eigenvalue weighted by Gasteiger charge is 2.48. The van der Waals surface area contributed by atoms with Gasteiger partial charge in [-0.1, -0.05) is 18.0 Å². The van der Waals surface area contributed by atoms with Crippen LogP contribution in [0.5, 0.6) is 11.8 Å². The summed E-state index contributed by atoms with van der Waals surface area (Å²) in [6.45, 7) is 0.745. The second-order valence-electron chi connectivity index (χ2n) is 9.38. The van der Waals surface area contributed by atoms with Gasteiger partial charge in [0.1, 0.15) is 41.5 Å². The molecule has 36 heavy (non-hydrogen) atoms. The quantitative estimate of drug-likeness (QED) is 0.412. The molecule has 9 nitrogen and oxygen atoms in total. The zero-order valence-corrected chi connectivity index (χ0v) is 19.9. The summed E-state index contributed by atoms with van der Waals surface area (Å²) in [6, 6.07) is 4.18. The van der Waals surface area contributed by atoms with Crippen molar-refractivity contribution in [2.45, 2.75) is 50.2 Å². The SMILES string of the molecule is O[C@@H]1CO[C@H]2[C@@H]1OC[C@H]2Oc1nc2nc(NCc3c(F)cc(OCC4CCC4)cc3F)c(Cl)cc2[nH]1. The van der Waals surface area contributed by atoms with E-state index >= 15 is 0 Å². The average Bonchev–Trinajstić information content (AvgIpc) is 3.49. The monoisotopic (exact) mass is 522 g/mol. The van der Waals surface area contributed by atoms with Gasteiger partial charge < -0.3 is 34.4 Å². The molecular weight excluding hydrogens is 498 g/mol. The Kier molecular flexibility index (Phi) is 6.32.